The van der Waals surface area contributed by atoms with Crippen molar-refractivity contribution in [3.05, 3.63) is 35.5 Å². The summed E-state index contributed by atoms with van der Waals surface area (Å²) in [6, 6.07) is 7.29. The standard InChI is InChI=1S/C17H25NO4SSi/c1-7-22-16(19)15(18(17(20)23-3)24(4,5)6)12-13-8-10-14(21-2)11-9-13/h8-12H,7H2,1-6H3/b15-12-. The van der Waals surface area contributed by atoms with E-state index in [0.717, 1.165) is 23.1 Å². The summed E-state index contributed by atoms with van der Waals surface area (Å²) in [5.41, 5.74) is 1.08. The van der Waals surface area contributed by atoms with Crippen molar-refractivity contribution in [2.24, 2.45) is 0 Å². The maximum absolute atomic E-state index is 12.5. The number of amides is 1. The predicted molar refractivity (Wildman–Crippen MR) is 102 cm³/mol. The van der Waals surface area contributed by atoms with E-state index >= 15 is 0 Å². The molecule has 1 aromatic rings. The molecule has 1 aromatic carbocycles. The third kappa shape index (κ3) is 5.42. The number of rotatable bonds is 6. The number of hydrogen-bond donors (Lipinski definition) is 0. The molecule has 0 aliphatic rings. The summed E-state index contributed by atoms with van der Waals surface area (Å²) in [5, 5.41) is -0.151. The highest BCUT2D eigenvalue weighted by atomic mass is 32.2. The van der Waals surface area contributed by atoms with Gasteiger partial charge in [0.05, 0.1) is 13.7 Å². The van der Waals surface area contributed by atoms with Crippen LogP contribution in [0.25, 0.3) is 6.08 Å². The van der Waals surface area contributed by atoms with E-state index < -0.39 is 14.2 Å². The number of methoxy groups -OCH3 is 1. The van der Waals surface area contributed by atoms with Crippen LogP contribution in [-0.4, -0.2) is 44.0 Å². The van der Waals surface area contributed by atoms with Gasteiger partial charge in [0.15, 0.2) is 8.24 Å². The first-order valence-electron chi connectivity index (χ1n) is 7.65. The van der Waals surface area contributed by atoms with Gasteiger partial charge < -0.3 is 14.0 Å². The van der Waals surface area contributed by atoms with Crippen LogP contribution in [0.1, 0.15) is 12.5 Å². The molecule has 0 aromatic heterocycles. The van der Waals surface area contributed by atoms with E-state index in [1.807, 2.05) is 43.9 Å². The maximum Gasteiger partial charge on any atom is 0.354 e. The maximum atomic E-state index is 12.5. The summed E-state index contributed by atoms with van der Waals surface area (Å²) < 4.78 is 11.9. The molecule has 0 fully saturated rings. The molecule has 0 saturated carbocycles. The normalized spacial score (nSPS) is 11.8. The third-order valence-corrected chi connectivity index (χ3v) is 5.65. The Balaban J connectivity index is 3.39. The molecule has 0 spiro atoms. The molecule has 5 nitrogen and oxygen atoms in total. The van der Waals surface area contributed by atoms with Crippen molar-refractivity contribution in [2.45, 2.75) is 26.6 Å². The second-order valence-corrected chi connectivity index (χ2v) is 11.5. The fourth-order valence-corrected chi connectivity index (χ4v) is 4.91. The van der Waals surface area contributed by atoms with Gasteiger partial charge >= 0.3 is 5.97 Å². The van der Waals surface area contributed by atoms with Gasteiger partial charge in [-0.3, -0.25) is 4.79 Å². The summed E-state index contributed by atoms with van der Waals surface area (Å²) in [4.78, 5) is 24.9. The number of thioether (sulfide) groups is 1. The van der Waals surface area contributed by atoms with Gasteiger partial charge in [0, 0.05) is 0 Å². The van der Waals surface area contributed by atoms with Crippen LogP contribution in [0.2, 0.25) is 19.6 Å². The Morgan fingerprint density at radius 2 is 1.79 bits per heavy atom. The summed E-state index contributed by atoms with van der Waals surface area (Å²) in [6.45, 7) is 8.05. The van der Waals surface area contributed by atoms with Gasteiger partial charge in [0.2, 0.25) is 0 Å². The highest BCUT2D eigenvalue weighted by Crippen LogP contribution is 2.25. The van der Waals surface area contributed by atoms with Crippen molar-refractivity contribution in [1.29, 1.82) is 0 Å². The minimum atomic E-state index is -2.13. The largest absolute Gasteiger partial charge is 0.497 e. The quantitative estimate of drug-likeness (QED) is 0.428. The van der Waals surface area contributed by atoms with Crippen LogP contribution in [0.3, 0.4) is 0 Å². The monoisotopic (exact) mass is 367 g/mol. The lowest BCUT2D eigenvalue weighted by Gasteiger charge is -2.34. The van der Waals surface area contributed by atoms with Gasteiger partial charge in [-0.05, 0) is 37.0 Å². The molecule has 0 N–H and O–H groups in total. The number of hydrogen-bond acceptors (Lipinski definition) is 5. The topological polar surface area (TPSA) is 55.8 Å². The fourth-order valence-electron chi connectivity index (χ4n) is 2.10. The molecular formula is C17H25NO4SSi. The van der Waals surface area contributed by atoms with Crippen LogP contribution < -0.4 is 4.74 Å². The van der Waals surface area contributed by atoms with E-state index in [1.54, 1.807) is 30.9 Å². The second kappa shape index (κ2) is 8.94. The Kier molecular flexibility index (Phi) is 7.56. The third-order valence-electron chi connectivity index (χ3n) is 3.17. The number of carbonyl (C=O) groups is 2. The Morgan fingerprint density at radius 3 is 2.21 bits per heavy atom. The van der Waals surface area contributed by atoms with Crippen LogP contribution in [-0.2, 0) is 9.53 Å². The van der Waals surface area contributed by atoms with Crippen molar-refractivity contribution in [3.8, 4) is 5.75 Å². The number of ether oxygens (including phenoxy) is 2. The van der Waals surface area contributed by atoms with Crippen molar-refractivity contribution >= 4 is 37.3 Å². The predicted octanol–water partition coefficient (Wildman–Crippen LogP) is 4.22. The highest BCUT2D eigenvalue weighted by Gasteiger charge is 2.35. The summed E-state index contributed by atoms with van der Waals surface area (Å²) in [5.74, 6) is 0.241. The van der Waals surface area contributed by atoms with E-state index in [2.05, 4.69) is 0 Å². The lowest BCUT2D eigenvalue weighted by atomic mass is 10.2. The zero-order valence-electron chi connectivity index (χ0n) is 15.1. The zero-order valence-corrected chi connectivity index (χ0v) is 16.9. The Bertz CT molecular complexity index is 608. The molecule has 7 heteroatoms. The first-order valence-corrected chi connectivity index (χ1v) is 12.3. The molecule has 0 saturated heterocycles. The molecule has 0 aliphatic heterocycles. The summed E-state index contributed by atoms with van der Waals surface area (Å²) in [7, 11) is -0.532. The van der Waals surface area contributed by atoms with Gasteiger partial charge in [-0.2, -0.15) is 0 Å². The van der Waals surface area contributed by atoms with E-state index in [1.165, 1.54) is 0 Å². The summed E-state index contributed by atoms with van der Waals surface area (Å²) in [6.07, 6.45) is 3.41. The number of carbonyl (C=O) groups excluding carboxylic acids is 2. The van der Waals surface area contributed by atoms with Crippen LogP contribution in [0, 0.1) is 0 Å². The molecule has 132 valence electrons. The summed E-state index contributed by atoms with van der Waals surface area (Å²) >= 11 is 1.09. The van der Waals surface area contributed by atoms with Gasteiger partial charge in [-0.1, -0.05) is 43.5 Å². The van der Waals surface area contributed by atoms with Crippen molar-refractivity contribution in [2.75, 3.05) is 20.0 Å². The second-order valence-electron chi connectivity index (χ2n) is 6.00. The van der Waals surface area contributed by atoms with Crippen molar-refractivity contribution in [1.82, 2.24) is 4.57 Å². The molecule has 0 heterocycles. The van der Waals surface area contributed by atoms with E-state index in [0.29, 0.717) is 0 Å². The molecule has 0 bridgehead atoms. The van der Waals surface area contributed by atoms with E-state index in [-0.39, 0.29) is 17.5 Å². The first kappa shape index (κ1) is 20.3. The highest BCUT2D eigenvalue weighted by molar-refractivity contribution is 8.13. The molecule has 1 rings (SSSR count). The average molecular weight is 368 g/mol. The van der Waals surface area contributed by atoms with Gasteiger partial charge in [-0.15, -0.1) is 0 Å². The van der Waals surface area contributed by atoms with E-state index in [4.69, 9.17) is 9.47 Å². The van der Waals surface area contributed by atoms with Crippen LogP contribution in [0.4, 0.5) is 4.79 Å². The molecular weight excluding hydrogens is 342 g/mol. The minimum absolute atomic E-state index is 0.151. The van der Waals surface area contributed by atoms with Crippen molar-refractivity contribution in [3.63, 3.8) is 0 Å². The molecule has 1 amide bonds. The Labute approximate surface area is 149 Å². The van der Waals surface area contributed by atoms with Crippen LogP contribution >= 0.6 is 11.8 Å². The lowest BCUT2D eigenvalue weighted by Crippen LogP contribution is -2.49. The molecule has 0 unspecified atom stereocenters. The smallest absolute Gasteiger partial charge is 0.354 e. The number of esters is 1. The Hall–Kier alpha value is -1.73. The molecule has 0 atom stereocenters. The van der Waals surface area contributed by atoms with Crippen molar-refractivity contribution < 1.29 is 19.1 Å². The fraction of sp³-hybridized carbons (Fsp3) is 0.412. The lowest BCUT2D eigenvalue weighted by molar-refractivity contribution is -0.139. The minimum Gasteiger partial charge on any atom is -0.497 e. The van der Waals surface area contributed by atoms with Gasteiger partial charge in [-0.25, -0.2) is 4.79 Å². The average Bonchev–Trinajstić information content (AvgIpc) is 2.53. The zero-order chi connectivity index (χ0) is 18.3. The number of benzene rings is 1. The molecule has 0 aliphatic carbocycles. The van der Waals surface area contributed by atoms with Gasteiger partial charge in [0.1, 0.15) is 11.4 Å². The van der Waals surface area contributed by atoms with Crippen LogP contribution in [0.15, 0.2) is 30.0 Å². The first-order chi connectivity index (χ1) is 11.2. The Morgan fingerprint density at radius 1 is 1.21 bits per heavy atom. The SMILES string of the molecule is CCOC(=O)/C(=C/c1ccc(OC)cc1)N(C(=O)SC)[Si](C)(C)C. The number of nitrogens with zero attached hydrogens (tertiary/aromatic N) is 1. The van der Waals surface area contributed by atoms with Crippen LogP contribution in [0.5, 0.6) is 5.75 Å². The molecule has 24 heavy (non-hydrogen) atoms. The van der Waals surface area contributed by atoms with Gasteiger partial charge in [0.25, 0.3) is 5.24 Å². The van der Waals surface area contributed by atoms with E-state index in [9.17, 15) is 9.59 Å². The molecule has 0 radical (unpaired) electrons.